The molecule has 0 spiro atoms. The summed E-state index contributed by atoms with van der Waals surface area (Å²) in [6, 6.07) is 14.3. The fourth-order valence-corrected chi connectivity index (χ4v) is 1.85. The molecule has 4 heteroatoms. The number of para-hydroxylation sites is 1. The molecule has 0 radical (unpaired) electrons. The summed E-state index contributed by atoms with van der Waals surface area (Å²) in [6.45, 7) is 2.45. The lowest BCUT2D eigenvalue weighted by Crippen LogP contribution is -2.05. The highest BCUT2D eigenvalue weighted by atomic mass is 16.5. The first kappa shape index (κ1) is 14.9. The van der Waals surface area contributed by atoms with E-state index in [2.05, 4.69) is 0 Å². The van der Waals surface area contributed by atoms with Crippen LogP contribution in [-0.4, -0.2) is 24.1 Å². The third-order valence-electron chi connectivity index (χ3n) is 2.92. The largest absolute Gasteiger partial charge is 0.507 e. The second kappa shape index (κ2) is 7.33. The van der Waals surface area contributed by atoms with Gasteiger partial charge in [-0.05, 0) is 31.2 Å². The van der Waals surface area contributed by atoms with Gasteiger partial charge in [0.2, 0.25) is 0 Å². The molecule has 0 bridgehead atoms. The molecule has 21 heavy (non-hydrogen) atoms. The van der Waals surface area contributed by atoms with Crippen LogP contribution in [-0.2, 0) is 0 Å². The first-order chi connectivity index (χ1) is 10.2. The van der Waals surface area contributed by atoms with Gasteiger partial charge < -0.3 is 14.6 Å². The second-order valence-electron chi connectivity index (χ2n) is 4.60. The maximum absolute atomic E-state index is 11.2. The molecule has 0 aliphatic heterocycles. The minimum Gasteiger partial charge on any atom is -0.507 e. The normalized spacial score (nSPS) is 10.1. The number of aromatic hydroxyl groups is 1. The van der Waals surface area contributed by atoms with Crippen molar-refractivity contribution < 1.29 is 19.4 Å². The topological polar surface area (TPSA) is 55.8 Å². The van der Waals surface area contributed by atoms with Crippen molar-refractivity contribution in [2.24, 2.45) is 0 Å². The van der Waals surface area contributed by atoms with Gasteiger partial charge >= 0.3 is 0 Å². The lowest BCUT2D eigenvalue weighted by atomic mass is 10.1. The molecule has 2 rings (SSSR count). The van der Waals surface area contributed by atoms with Crippen LogP contribution >= 0.6 is 0 Å². The van der Waals surface area contributed by atoms with Crippen LogP contribution in [0.2, 0.25) is 0 Å². The van der Waals surface area contributed by atoms with E-state index in [0.29, 0.717) is 24.5 Å². The molecular weight excluding hydrogens is 268 g/mol. The average molecular weight is 286 g/mol. The van der Waals surface area contributed by atoms with Crippen molar-refractivity contribution in [3.63, 3.8) is 0 Å². The first-order valence-corrected chi connectivity index (χ1v) is 6.81. The van der Waals surface area contributed by atoms with E-state index in [1.165, 1.54) is 13.0 Å². The predicted octanol–water partition coefficient (Wildman–Crippen LogP) is 3.44. The van der Waals surface area contributed by atoms with E-state index in [1.807, 2.05) is 30.3 Å². The van der Waals surface area contributed by atoms with Crippen molar-refractivity contribution in [3.8, 4) is 17.2 Å². The molecule has 0 unspecified atom stereocenters. The van der Waals surface area contributed by atoms with Gasteiger partial charge in [-0.25, -0.2) is 0 Å². The molecule has 110 valence electrons. The van der Waals surface area contributed by atoms with E-state index in [-0.39, 0.29) is 11.5 Å². The minimum absolute atomic E-state index is 0.0551. The molecule has 0 fully saturated rings. The number of ketones is 1. The average Bonchev–Trinajstić information content (AvgIpc) is 2.47. The Bertz CT molecular complexity index is 593. The number of carbonyl (C=O) groups excluding carboxylic acids is 1. The second-order valence-corrected chi connectivity index (χ2v) is 4.60. The van der Waals surface area contributed by atoms with Gasteiger partial charge in [0.1, 0.15) is 17.2 Å². The van der Waals surface area contributed by atoms with Crippen LogP contribution in [0, 0.1) is 0 Å². The Hall–Kier alpha value is -2.49. The van der Waals surface area contributed by atoms with Crippen LogP contribution in [0.5, 0.6) is 17.2 Å². The fraction of sp³-hybridized carbons (Fsp3) is 0.235. The third-order valence-corrected chi connectivity index (χ3v) is 2.92. The van der Waals surface area contributed by atoms with Crippen molar-refractivity contribution in [2.75, 3.05) is 13.2 Å². The molecule has 0 aliphatic rings. The Morgan fingerprint density at radius 3 is 2.29 bits per heavy atom. The standard InChI is InChI=1S/C17H18O4/c1-13(18)16-9-8-15(12-17(16)19)21-11-5-10-20-14-6-3-2-4-7-14/h2-4,6-9,12,19H,5,10-11H2,1H3. The Kier molecular flexibility index (Phi) is 5.21. The summed E-state index contributed by atoms with van der Waals surface area (Å²) >= 11 is 0. The molecule has 0 amide bonds. The summed E-state index contributed by atoms with van der Waals surface area (Å²) < 4.78 is 11.1. The molecule has 0 aliphatic carbocycles. The van der Waals surface area contributed by atoms with Crippen molar-refractivity contribution in [1.29, 1.82) is 0 Å². The zero-order chi connectivity index (χ0) is 15.1. The van der Waals surface area contributed by atoms with E-state index >= 15 is 0 Å². The maximum atomic E-state index is 11.2. The maximum Gasteiger partial charge on any atom is 0.163 e. The van der Waals surface area contributed by atoms with Gasteiger partial charge in [0.25, 0.3) is 0 Å². The van der Waals surface area contributed by atoms with Crippen LogP contribution < -0.4 is 9.47 Å². The van der Waals surface area contributed by atoms with Crippen LogP contribution in [0.3, 0.4) is 0 Å². The summed E-state index contributed by atoms with van der Waals surface area (Å²) in [4.78, 5) is 11.2. The molecule has 1 N–H and O–H groups in total. The van der Waals surface area contributed by atoms with E-state index in [9.17, 15) is 9.90 Å². The molecule has 0 aromatic heterocycles. The number of Topliss-reactive ketones (excluding diaryl/α,β-unsaturated/α-hetero) is 1. The zero-order valence-electron chi connectivity index (χ0n) is 11.9. The van der Waals surface area contributed by atoms with Gasteiger partial charge in [0.05, 0.1) is 18.8 Å². The number of phenols is 1. The lowest BCUT2D eigenvalue weighted by molar-refractivity contribution is 0.101. The minimum atomic E-state index is -0.171. The molecule has 0 atom stereocenters. The number of benzene rings is 2. The zero-order valence-corrected chi connectivity index (χ0v) is 11.9. The van der Waals surface area contributed by atoms with Gasteiger partial charge in [-0.1, -0.05) is 18.2 Å². The summed E-state index contributed by atoms with van der Waals surface area (Å²) in [5.74, 6) is 1.15. The number of hydrogen-bond donors (Lipinski definition) is 1. The SMILES string of the molecule is CC(=O)c1ccc(OCCCOc2ccccc2)cc1O. The Labute approximate surface area is 123 Å². The monoisotopic (exact) mass is 286 g/mol. The molecular formula is C17H18O4. The van der Waals surface area contributed by atoms with Gasteiger partial charge in [-0.2, -0.15) is 0 Å². The highest BCUT2D eigenvalue weighted by Gasteiger charge is 2.07. The Morgan fingerprint density at radius 2 is 1.67 bits per heavy atom. The fourth-order valence-electron chi connectivity index (χ4n) is 1.85. The van der Waals surface area contributed by atoms with Crippen molar-refractivity contribution >= 4 is 5.78 Å². The van der Waals surface area contributed by atoms with Crippen LogP contribution in [0.4, 0.5) is 0 Å². The summed E-state index contributed by atoms with van der Waals surface area (Å²) in [5.41, 5.74) is 0.301. The molecule has 4 nitrogen and oxygen atoms in total. The Morgan fingerprint density at radius 1 is 1.00 bits per heavy atom. The van der Waals surface area contributed by atoms with E-state index in [4.69, 9.17) is 9.47 Å². The number of carbonyl (C=O) groups is 1. The first-order valence-electron chi connectivity index (χ1n) is 6.81. The number of phenolic OH excluding ortho intramolecular Hbond substituents is 1. The van der Waals surface area contributed by atoms with E-state index in [1.54, 1.807) is 12.1 Å². The lowest BCUT2D eigenvalue weighted by Gasteiger charge is -2.09. The summed E-state index contributed by atoms with van der Waals surface area (Å²) in [7, 11) is 0. The van der Waals surface area contributed by atoms with E-state index in [0.717, 1.165) is 12.2 Å². The molecule has 0 saturated heterocycles. The Balaban J connectivity index is 1.74. The van der Waals surface area contributed by atoms with Crippen molar-refractivity contribution in [3.05, 3.63) is 54.1 Å². The van der Waals surface area contributed by atoms with E-state index < -0.39 is 0 Å². The van der Waals surface area contributed by atoms with Crippen molar-refractivity contribution in [2.45, 2.75) is 13.3 Å². The van der Waals surface area contributed by atoms with Crippen molar-refractivity contribution in [1.82, 2.24) is 0 Å². The third kappa shape index (κ3) is 4.53. The van der Waals surface area contributed by atoms with Gasteiger partial charge in [-0.3, -0.25) is 4.79 Å². The predicted molar refractivity (Wildman–Crippen MR) is 80.2 cm³/mol. The van der Waals surface area contributed by atoms with Crippen LogP contribution in [0.15, 0.2) is 48.5 Å². The summed E-state index contributed by atoms with van der Waals surface area (Å²) in [5, 5.41) is 9.69. The van der Waals surface area contributed by atoms with Crippen LogP contribution in [0.1, 0.15) is 23.7 Å². The summed E-state index contributed by atoms with van der Waals surface area (Å²) in [6.07, 6.45) is 0.726. The van der Waals surface area contributed by atoms with Gasteiger partial charge in [0.15, 0.2) is 5.78 Å². The van der Waals surface area contributed by atoms with Crippen LogP contribution in [0.25, 0.3) is 0 Å². The number of ether oxygens (including phenoxy) is 2. The number of hydrogen-bond acceptors (Lipinski definition) is 4. The number of rotatable bonds is 7. The molecule has 0 saturated carbocycles. The molecule has 0 heterocycles. The highest BCUT2D eigenvalue weighted by Crippen LogP contribution is 2.24. The molecule has 2 aromatic carbocycles. The van der Waals surface area contributed by atoms with Gasteiger partial charge in [0, 0.05) is 12.5 Å². The van der Waals surface area contributed by atoms with Gasteiger partial charge in [-0.15, -0.1) is 0 Å². The molecule has 2 aromatic rings. The quantitative estimate of drug-likeness (QED) is 0.625. The highest BCUT2D eigenvalue weighted by molar-refractivity contribution is 5.96. The smallest absolute Gasteiger partial charge is 0.163 e.